The largest absolute Gasteiger partial charge is 0.336 e. The van der Waals surface area contributed by atoms with E-state index in [1.54, 1.807) is 23.1 Å². The molecule has 0 aliphatic carbocycles. The third kappa shape index (κ3) is 4.32. The minimum atomic E-state index is -0.102. The lowest BCUT2D eigenvalue weighted by atomic mass is 10.2. The van der Waals surface area contributed by atoms with E-state index in [0.717, 1.165) is 0 Å². The zero-order valence-electron chi connectivity index (χ0n) is 8.93. The van der Waals surface area contributed by atoms with E-state index >= 15 is 0 Å². The van der Waals surface area contributed by atoms with Crippen LogP contribution in [0.15, 0.2) is 22.7 Å². The van der Waals surface area contributed by atoms with E-state index in [0.29, 0.717) is 39.9 Å². The average Bonchev–Trinajstić information content (AvgIpc) is 2.28. The van der Waals surface area contributed by atoms with E-state index in [1.165, 1.54) is 0 Å². The predicted octanol–water partition coefficient (Wildman–Crippen LogP) is 4.02. The highest BCUT2D eigenvalue weighted by Crippen LogP contribution is 2.22. The van der Waals surface area contributed by atoms with Gasteiger partial charge in [-0.1, -0.05) is 11.6 Å². The third-order valence-electron chi connectivity index (χ3n) is 2.16. The lowest BCUT2D eigenvalue weighted by molar-refractivity contribution is 0.0774. The molecule has 1 aromatic carbocycles. The van der Waals surface area contributed by atoms with Gasteiger partial charge < -0.3 is 4.90 Å². The van der Waals surface area contributed by atoms with Crippen LogP contribution in [0.2, 0.25) is 5.02 Å². The van der Waals surface area contributed by atoms with Crippen LogP contribution in [0.5, 0.6) is 0 Å². The molecule has 0 radical (unpaired) electrons. The third-order valence-corrected chi connectivity index (χ3v) is 3.39. The van der Waals surface area contributed by atoms with Crippen LogP contribution < -0.4 is 0 Å². The van der Waals surface area contributed by atoms with Gasteiger partial charge in [0.1, 0.15) is 0 Å². The van der Waals surface area contributed by atoms with Crippen LogP contribution in [-0.2, 0) is 0 Å². The molecule has 1 aromatic rings. The van der Waals surface area contributed by atoms with E-state index in [2.05, 4.69) is 15.9 Å². The Kier molecular flexibility index (Phi) is 6.63. The van der Waals surface area contributed by atoms with Crippen LogP contribution in [0.4, 0.5) is 0 Å². The van der Waals surface area contributed by atoms with E-state index in [4.69, 9.17) is 34.8 Å². The summed E-state index contributed by atoms with van der Waals surface area (Å²) < 4.78 is 0.671. The summed E-state index contributed by atoms with van der Waals surface area (Å²) in [6, 6.07) is 5.05. The number of hydrogen-bond acceptors (Lipinski definition) is 1. The van der Waals surface area contributed by atoms with Crippen molar-refractivity contribution in [2.24, 2.45) is 0 Å². The molecule has 0 N–H and O–H groups in total. The Labute approximate surface area is 124 Å². The maximum atomic E-state index is 12.2. The highest BCUT2D eigenvalue weighted by Gasteiger charge is 2.17. The smallest absolute Gasteiger partial charge is 0.255 e. The van der Waals surface area contributed by atoms with Crippen molar-refractivity contribution in [3.63, 3.8) is 0 Å². The monoisotopic (exact) mass is 357 g/mol. The van der Waals surface area contributed by atoms with Crippen molar-refractivity contribution in [2.45, 2.75) is 0 Å². The predicted molar refractivity (Wildman–Crippen MR) is 76.5 cm³/mol. The number of carbonyl (C=O) groups is 1. The number of halogens is 4. The first-order valence-corrected chi connectivity index (χ1v) is 7.20. The molecule has 1 amide bonds. The first-order chi connectivity index (χ1) is 8.10. The molecule has 0 fully saturated rings. The molecule has 0 unspecified atom stereocenters. The van der Waals surface area contributed by atoms with Crippen molar-refractivity contribution in [1.29, 1.82) is 0 Å². The molecule has 6 heteroatoms. The molecule has 0 saturated carbocycles. The molecule has 1 rings (SSSR count). The normalized spacial score (nSPS) is 10.4. The van der Waals surface area contributed by atoms with Gasteiger partial charge in [0.2, 0.25) is 0 Å². The number of hydrogen-bond donors (Lipinski definition) is 0. The number of carbonyl (C=O) groups excluding carboxylic acids is 1. The fraction of sp³-hybridized carbons (Fsp3) is 0.364. The Morgan fingerprint density at radius 1 is 1.24 bits per heavy atom. The maximum absolute atomic E-state index is 12.2. The van der Waals surface area contributed by atoms with E-state index < -0.39 is 0 Å². The van der Waals surface area contributed by atoms with E-state index in [9.17, 15) is 4.79 Å². The number of benzene rings is 1. The van der Waals surface area contributed by atoms with E-state index in [1.807, 2.05) is 0 Å². The van der Waals surface area contributed by atoms with Gasteiger partial charge in [-0.05, 0) is 34.1 Å². The number of amides is 1. The summed E-state index contributed by atoms with van der Waals surface area (Å²) in [6.45, 7) is 0.949. The molecule has 94 valence electrons. The Bertz CT molecular complexity index is 394. The molecule has 0 heterocycles. The standard InChI is InChI=1S/C11H11BrCl3NO/c12-10-7-8(15)1-2-9(10)11(17)16(5-3-13)6-4-14/h1-2,7H,3-6H2. The highest BCUT2D eigenvalue weighted by atomic mass is 79.9. The molecule has 0 saturated heterocycles. The Hall–Kier alpha value is 0.0400. The quantitative estimate of drug-likeness (QED) is 0.727. The Morgan fingerprint density at radius 2 is 1.82 bits per heavy atom. The lowest BCUT2D eigenvalue weighted by Gasteiger charge is -2.21. The molecule has 0 spiro atoms. The van der Waals surface area contributed by atoms with Crippen LogP contribution in [0.25, 0.3) is 0 Å². The molecule has 0 bridgehead atoms. The molecule has 0 aliphatic heterocycles. The fourth-order valence-electron chi connectivity index (χ4n) is 1.35. The van der Waals surface area contributed by atoms with E-state index in [-0.39, 0.29) is 5.91 Å². The summed E-state index contributed by atoms with van der Waals surface area (Å²) in [5, 5.41) is 0.578. The summed E-state index contributed by atoms with van der Waals surface area (Å²) in [4.78, 5) is 13.8. The van der Waals surface area contributed by atoms with Gasteiger partial charge >= 0.3 is 0 Å². The van der Waals surface area contributed by atoms with Crippen molar-refractivity contribution >= 4 is 56.6 Å². The van der Waals surface area contributed by atoms with Crippen molar-refractivity contribution in [3.8, 4) is 0 Å². The Morgan fingerprint density at radius 3 is 2.29 bits per heavy atom. The average molecular weight is 359 g/mol. The lowest BCUT2D eigenvalue weighted by Crippen LogP contribution is -2.34. The minimum absolute atomic E-state index is 0.102. The second-order valence-electron chi connectivity index (χ2n) is 3.29. The van der Waals surface area contributed by atoms with Gasteiger partial charge in [-0.2, -0.15) is 0 Å². The molecule has 2 nitrogen and oxygen atoms in total. The second-order valence-corrected chi connectivity index (χ2v) is 5.34. The van der Waals surface area contributed by atoms with Crippen LogP contribution in [0, 0.1) is 0 Å². The topological polar surface area (TPSA) is 20.3 Å². The summed E-state index contributed by atoms with van der Waals surface area (Å²) in [6.07, 6.45) is 0. The van der Waals surface area contributed by atoms with Crippen LogP contribution in [0.1, 0.15) is 10.4 Å². The van der Waals surface area contributed by atoms with Gasteiger partial charge in [-0.3, -0.25) is 4.79 Å². The van der Waals surface area contributed by atoms with Gasteiger partial charge in [-0.15, -0.1) is 23.2 Å². The van der Waals surface area contributed by atoms with Crippen LogP contribution in [-0.4, -0.2) is 35.7 Å². The first-order valence-electron chi connectivity index (χ1n) is 4.96. The van der Waals surface area contributed by atoms with Gasteiger partial charge in [-0.25, -0.2) is 0 Å². The molecule has 0 aromatic heterocycles. The molecular formula is C11H11BrCl3NO. The summed E-state index contributed by atoms with van der Waals surface area (Å²) in [7, 11) is 0. The number of alkyl halides is 2. The minimum Gasteiger partial charge on any atom is -0.336 e. The van der Waals surface area contributed by atoms with Crippen LogP contribution >= 0.6 is 50.7 Å². The zero-order valence-corrected chi connectivity index (χ0v) is 12.8. The zero-order chi connectivity index (χ0) is 12.8. The van der Waals surface area contributed by atoms with Crippen LogP contribution in [0.3, 0.4) is 0 Å². The highest BCUT2D eigenvalue weighted by molar-refractivity contribution is 9.10. The first kappa shape index (κ1) is 15.1. The van der Waals surface area contributed by atoms with Gasteiger partial charge in [0.15, 0.2) is 0 Å². The maximum Gasteiger partial charge on any atom is 0.255 e. The van der Waals surface area contributed by atoms with Crippen molar-refractivity contribution in [3.05, 3.63) is 33.3 Å². The fourth-order valence-corrected chi connectivity index (χ4v) is 2.61. The molecule has 0 atom stereocenters. The van der Waals surface area contributed by atoms with Gasteiger partial charge in [0, 0.05) is 34.3 Å². The molecule has 0 aliphatic rings. The van der Waals surface area contributed by atoms with Gasteiger partial charge in [0.25, 0.3) is 5.91 Å². The summed E-state index contributed by atoms with van der Waals surface area (Å²) >= 11 is 20.5. The SMILES string of the molecule is O=C(c1ccc(Cl)cc1Br)N(CCCl)CCCl. The van der Waals surface area contributed by atoms with Crippen molar-refractivity contribution in [1.82, 2.24) is 4.90 Å². The molecular weight excluding hydrogens is 348 g/mol. The molecule has 17 heavy (non-hydrogen) atoms. The van der Waals surface area contributed by atoms with Gasteiger partial charge in [0.05, 0.1) is 5.56 Å². The Balaban J connectivity index is 2.92. The number of nitrogens with zero attached hydrogens (tertiary/aromatic N) is 1. The number of rotatable bonds is 5. The van der Waals surface area contributed by atoms with Crippen molar-refractivity contribution < 1.29 is 4.79 Å². The second kappa shape index (κ2) is 7.47. The van der Waals surface area contributed by atoms with Crippen molar-refractivity contribution in [2.75, 3.05) is 24.8 Å². The summed E-state index contributed by atoms with van der Waals surface area (Å²) in [5.41, 5.74) is 0.560. The summed E-state index contributed by atoms with van der Waals surface area (Å²) in [5.74, 6) is 0.664.